The molecule has 2 aromatic carbocycles. The van der Waals surface area contributed by atoms with Gasteiger partial charge in [0.25, 0.3) is 0 Å². The van der Waals surface area contributed by atoms with Gasteiger partial charge in [0.15, 0.2) is 9.84 Å². The summed E-state index contributed by atoms with van der Waals surface area (Å²) in [4.78, 5) is 4.84. The van der Waals surface area contributed by atoms with Crippen LogP contribution in [0, 0.1) is 5.82 Å². The fraction of sp³-hybridized carbons (Fsp3) is 0.167. The van der Waals surface area contributed by atoms with Gasteiger partial charge in [-0.25, -0.2) is 17.8 Å². The maximum absolute atomic E-state index is 12.9. The van der Waals surface area contributed by atoms with E-state index in [1.807, 2.05) is 0 Å². The monoisotopic (exact) mass is 359 g/mol. The van der Waals surface area contributed by atoms with E-state index in [1.165, 1.54) is 18.4 Å². The highest BCUT2D eigenvalue weighted by Crippen LogP contribution is 2.13. The Hall–Kier alpha value is -2.67. The van der Waals surface area contributed by atoms with Gasteiger partial charge in [0.05, 0.1) is 17.2 Å². The second kappa shape index (κ2) is 7.06. The molecule has 0 saturated carbocycles. The molecule has 0 aliphatic carbocycles. The quantitative estimate of drug-likeness (QED) is 0.859. The Bertz CT molecular complexity index is 918. The van der Waals surface area contributed by atoms with E-state index in [-0.39, 0.29) is 10.7 Å². The van der Waals surface area contributed by atoms with Crippen LogP contribution < -0.4 is 10.6 Å². The molecule has 5 nitrogen and oxygen atoms in total. The molecule has 130 valence electrons. The van der Waals surface area contributed by atoms with Crippen LogP contribution in [0.15, 0.2) is 70.4 Å². The van der Waals surface area contributed by atoms with E-state index in [0.29, 0.717) is 18.9 Å². The minimum atomic E-state index is -3.21. The standard InChI is InChI=1S/C18H18FN3O2S/c1-25(23,24)16-8-4-14(5-9-16)17-11-20-12-18(22-17)21-10-13-2-6-15(19)7-3-13/h2-9,12,20-21H,10-11H2,1H3. The van der Waals surface area contributed by atoms with E-state index in [0.717, 1.165) is 16.8 Å². The molecule has 7 heteroatoms. The fourth-order valence-corrected chi connectivity index (χ4v) is 3.04. The minimum Gasteiger partial charge on any atom is -0.382 e. The van der Waals surface area contributed by atoms with Crippen LogP contribution in [-0.2, 0) is 16.4 Å². The molecular weight excluding hydrogens is 341 g/mol. The number of halogens is 1. The summed E-state index contributed by atoms with van der Waals surface area (Å²) >= 11 is 0. The SMILES string of the molecule is CS(=O)(=O)c1ccc(C2=NC(NCc3ccc(F)cc3)=CNC2)cc1. The van der Waals surface area contributed by atoms with E-state index in [9.17, 15) is 12.8 Å². The average molecular weight is 359 g/mol. The van der Waals surface area contributed by atoms with Gasteiger partial charge in [0.1, 0.15) is 11.6 Å². The van der Waals surface area contributed by atoms with Crippen molar-refractivity contribution in [1.82, 2.24) is 10.6 Å². The highest BCUT2D eigenvalue weighted by atomic mass is 32.2. The Morgan fingerprint density at radius 3 is 2.44 bits per heavy atom. The van der Waals surface area contributed by atoms with Crippen molar-refractivity contribution in [1.29, 1.82) is 0 Å². The number of hydrogen-bond acceptors (Lipinski definition) is 5. The summed E-state index contributed by atoms with van der Waals surface area (Å²) in [6, 6.07) is 12.9. The predicted molar refractivity (Wildman–Crippen MR) is 95.4 cm³/mol. The first-order chi connectivity index (χ1) is 11.9. The van der Waals surface area contributed by atoms with Gasteiger partial charge >= 0.3 is 0 Å². The molecule has 0 bridgehead atoms. The van der Waals surface area contributed by atoms with Gasteiger partial charge < -0.3 is 10.6 Å². The van der Waals surface area contributed by atoms with Gasteiger partial charge in [0.2, 0.25) is 0 Å². The molecule has 0 aromatic heterocycles. The minimum absolute atomic E-state index is 0.264. The molecule has 2 N–H and O–H groups in total. The van der Waals surface area contributed by atoms with E-state index in [1.54, 1.807) is 42.6 Å². The topological polar surface area (TPSA) is 70.6 Å². The number of rotatable bonds is 5. The number of hydrogen-bond donors (Lipinski definition) is 2. The summed E-state index contributed by atoms with van der Waals surface area (Å²) in [7, 11) is -3.21. The number of nitrogens with zero attached hydrogens (tertiary/aromatic N) is 1. The molecule has 0 fully saturated rings. The summed E-state index contributed by atoms with van der Waals surface area (Å²) in [5.74, 6) is 0.401. The zero-order chi connectivity index (χ0) is 17.9. The largest absolute Gasteiger partial charge is 0.382 e. The van der Waals surface area contributed by atoms with Crippen molar-refractivity contribution < 1.29 is 12.8 Å². The second-order valence-corrected chi connectivity index (χ2v) is 7.76. The molecule has 0 amide bonds. The maximum Gasteiger partial charge on any atom is 0.175 e. The Labute approximate surface area is 146 Å². The summed E-state index contributed by atoms with van der Waals surface area (Å²) in [5, 5.41) is 6.33. The Morgan fingerprint density at radius 1 is 1.12 bits per heavy atom. The van der Waals surface area contributed by atoms with Crippen molar-refractivity contribution in [3.8, 4) is 0 Å². The zero-order valence-electron chi connectivity index (χ0n) is 13.7. The van der Waals surface area contributed by atoms with Gasteiger partial charge in [0, 0.05) is 19.0 Å². The van der Waals surface area contributed by atoms with Crippen molar-refractivity contribution in [3.63, 3.8) is 0 Å². The molecular formula is C18H18FN3O2S. The molecule has 0 atom stereocenters. The lowest BCUT2D eigenvalue weighted by Crippen LogP contribution is -2.27. The molecule has 1 aliphatic rings. The first-order valence-corrected chi connectivity index (χ1v) is 9.61. The second-order valence-electron chi connectivity index (χ2n) is 5.75. The van der Waals surface area contributed by atoms with Crippen molar-refractivity contribution in [2.24, 2.45) is 4.99 Å². The number of benzene rings is 2. The highest BCUT2D eigenvalue weighted by molar-refractivity contribution is 7.90. The number of sulfone groups is 1. The lowest BCUT2D eigenvalue weighted by molar-refractivity contribution is 0.602. The smallest absolute Gasteiger partial charge is 0.175 e. The van der Waals surface area contributed by atoms with Crippen LogP contribution in [0.4, 0.5) is 4.39 Å². The fourth-order valence-electron chi connectivity index (χ4n) is 2.41. The van der Waals surface area contributed by atoms with Crippen molar-refractivity contribution >= 4 is 15.5 Å². The summed E-state index contributed by atoms with van der Waals surface area (Å²) < 4.78 is 36.0. The van der Waals surface area contributed by atoms with E-state index in [2.05, 4.69) is 15.6 Å². The Morgan fingerprint density at radius 2 is 1.80 bits per heavy atom. The molecule has 1 aliphatic heterocycles. The van der Waals surface area contributed by atoms with Crippen LogP contribution in [0.25, 0.3) is 0 Å². The third kappa shape index (κ3) is 4.45. The molecule has 2 aromatic rings. The van der Waals surface area contributed by atoms with Gasteiger partial charge in [-0.1, -0.05) is 24.3 Å². The molecule has 0 spiro atoms. The molecule has 1 heterocycles. The Balaban J connectivity index is 1.70. The van der Waals surface area contributed by atoms with E-state index in [4.69, 9.17) is 0 Å². The highest BCUT2D eigenvalue weighted by Gasteiger charge is 2.11. The summed E-state index contributed by atoms with van der Waals surface area (Å²) in [6.07, 6.45) is 2.96. The lowest BCUT2D eigenvalue weighted by Gasteiger charge is -2.16. The molecule has 0 unspecified atom stereocenters. The van der Waals surface area contributed by atoms with Crippen molar-refractivity contribution in [3.05, 3.63) is 77.5 Å². The first-order valence-electron chi connectivity index (χ1n) is 7.72. The molecule has 0 saturated heterocycles. The predicted octanol–water partition coefficient (Wildman–Crippen LogP) is 2.21. The van der Waals surface area contributed by atoms with Crippen LogP contribution in [0.2, 0.25) is 0 Å². The number of nitrogens with one attached hydrogen (secondary N) is 2. The van der Waals surface area contributed by atoms with Gasteiger partial charge in [-0.3, -0.25) is 0 Å². The van der Waals surface area contributed by atoms with E-state index >= 15 is 0 Å². The number of aliphatic imine (C=N–C) groups is 1. The van der Waals surface area contributed by atoms with Crippen molar-refractivity contribution in [2.75, 3.05) is 12.8 Å². The lowest BCUT2D eigenvalue weighted by atomic mass is 10.1. The zero-order valence-corrected chi connectivity index (χ0v) is 14.5. The van der Waals surface area contributed by atoms with Crippen molar-refractivity contribution in [2.45, 2.75) is 11.4 Å². The van der Waals surface area contributed by atoms with Gasteiger partial charge in [-0.2, -0.15) is 0 Å². The summed E-state index contributed by atoms with van der Waals surface area (Å²) in [5.41, 5.74) is 2.61. The molecule has 3 rings (SSSR count). The Kier molecular flexibility index (Phi) is 4.85. The van der Waals surface area contributed by atoms with Gasteiger partial charge in [-0.05, 0) is 35.4 Å². The molecule has 0 radical (unpaired) electrons. The third-order valence-corrected chi connectivity index (χ3v) is 4.89. The van der Waals surface area contributed by atoms with Crippen LogP contribution in [0.3, 0.4) is 0 Å². The van der Waals surface area contributed by atoms with Crippen LogP contribution in [-0.4, -0.2) is 26.9 Å². The average Bonchev–Trinajstić information content (AvgIpc) is 2.61. The molecule has 25 heavy (non-hydrogen) atoms. The normalized spacial score (nSPS) is 14.3. The van der Waals surface area contributed by atoms with Crippen LogP contribution in [0.5, 0.6) is 0 Å². The summed E-state index contributed by atoms with van der Waals surface area (Å²) in [6.45, 7) is 1.08. The maximum atomic E-state index is 12.9. The third-order valence-electron chi connectivity index (χ3n) is 3.77. The first kappa shape index (κ1) is 17.2. The van der Waals surface area contributed by atoms with Crippen LogP contribution >= 0.6 is 0 Å². The van der Waals surface area contributed by atoms with Gasteiger partial charge in [-0.15, -0.1) is 0 Å². The van der Waals surface area contributed by atoms with Crippen LogP contribution in [0.1, 0.15) is 11.1 Å². The van der Waals surface area contributed by atoms with E-state index < -0.39 is 9.84 Å².